The standard InChI is InChI=1S/C6H11NSSi.Ar/c1-9(2,3)6-7-4-5-8-6;/h4-5H,1-3H3;. The Morgan fingerprint density at radius 2 is 2.00 bits per heavy atom. The molecular weight excluding hydrogens is 186 g/mol. The van der Waals surface area contributed by atoms with Crippen LogP contribution in [0.2, 0.25) is 19.6 Å². The van der Waals surface area contributed by atoms with Gasteiger partial charge in [-0.25, -0.2) is 0 Å². The minimum absolute atomic E-state index is 0. The molecule has 0 saturated carbocycles. The van der Waals surface area contributed by atoms with Crippen LogP contribution in [0.15, 0.2) is 11.6 Å². The molecule has 0 aliphatic carbocycles. The molecule has 1 nitrogen and oxygen atoms in total. The molecule has 0 aliphatic rings. The molecule has 0 bridgehead atoms. The molecule has 0 amide bonds. The van der Waals surface area contributed by atoms with E-state index in [4.69, 9.17) is 0 Å². The fourth-order valence-electron chi connectivity index (χ4n) is 0.594. The van der Waals surface area contributed by atoms with Gasteiger partial charge in [-0.2, -0.15) is 0 Å². The summed E-state index contributed by atoms with van der Waals surface area (Å²) in [5, 5.41) is 2.05. The van der Waals surface area contributed by atoms with Gasteiger partial charge in [0.15, 0.2) is 0 Å². The van der Waals surface area contributed by atoms with Gasteiger partial charge in [0, 0.05) is 49.3 Å². The Labute approximate surface area is 96.9 Å². The average molecular weight is 197 g/mol. The molecule has 0 atom stereocenters. The van der Waals surface area contributed by atoms with Crippen molar-refractivity contribution in [3.05, 3.63) is 11.6 Å². The van der Waals surface area contributed by atoms with Crippen LogP contribution in [0, 0.1) is 37.7 Å². The molecule has 0 radical (unpaired) electrons. The van der Waals surface area contributed by atoms with Gasteiger partial charge in [0.05, 0.1) is 4.63 Å². The number of hydrogen-bond donors (Lipinski definition) is 0. The van der Waals surface area contributed by atoms with E-state index < -0.39 is 8.07 Å². The molecule has 4 heteroatoms. The summed E-state index contributed by atoms with van der Waals surface area (Å²) in [5.41, 5.74) is 0. The van der Waals surface area contributed by atoms with E-state index in [-0.39, 0.29) is 37.7 Å². The van der Waals surface area contributed by atoms with Crippen molar-refractivity contribution >= 4 is 24.0 Å². The van der Waals surface area contributed by atoms with Crippen LogP contribution < -0.4 is 4.63 Å². The largest absolute Gasteiger partial charge is 0.255 e. The summed E-state index contributed by atoms with van der Waals surface area (Å²) in [6, 6.07) is 0. The average Bonchev–Trinajstić information content (AvgIpc) is 2.08. The Morgan fingerprint density at radius 3 is 2.20 bits per heavy atom. The zero-order chi connectivity index (χ0) is 6.91. The predicted octanol–water partition coefficient (Wildman–Crippen LogP) is 1.69. The van der Waals surface area contributed by atoms with E-state index in [2.05, 4.69) is 24.6 Å². The molecule has 1 aromatic rings. The first-order chi connectivity index (χ1) is 4.11. The van der Waals surface area contributed by atoms with Crippen LogP contribution in [0.3, 0.4) is 0 Å². The van der Waals surface area contributed by atoms with E-state index in [0.29, 0.717) is 0 Å². The molecule has 1 rings (SSSR count). The van der Waals surface area contributed by atoms with Crippen molar-refractivity contribution in [2.45, 2.75) is 19.6 Å². The van der Waals surface area contributed by atoms with Gasteiger partial charge in [0.25, 0.3) is 0 Å². The maximum absolute atomic E-state index is 4.27. The van der Waals surface area contributed by atoms with Gasteiger partial charge in [-0.1, -0.05) is 19.6 Å². The zero-order valence-corrected chi connectivity index (χ0v) is 8.89. The van der Waals surface area contributed by atoms with Crippen molar-refractivity contribution in [2.24, 2.45) is 0 Å². The normalized spacial score (nSPS) is 10.7. The topological polar surface area (TPSA) is 12.9 Å². The summed E-state index contributed by atoms with van der Waals surface area (Å²) in [4.78, 5) is 4.27. The maximum Gasteiger partial charge on any atom is 0.114 e. The Balaban J connectivity index is 0.000000810. The number of hydrogen-bond acceptors (Lipinski definition) is 2. The number of aromatic nitrogens is 1. The van der Waals surface area contributed by atoms with Crippen LogP contribution in [-0.4, -0.2) is 13.1 Å². The van der Waals surface area contributed by atoms with Crippen molar-refractivity contribution in [3.8, 4) is 0 Å². The van der Waals surface area contributed by atoms with Crippen molar-refractivity contribution in [1.29, 1.82) is 0 Å². The van der Waals surface area contributed by atoms with Crippen molar-refractivity contribution in [2.75, 3.05) is 0 Å². The molecule has 0 N–H and O–H groups in total. The summed E-state index contributed by atoms with van der Waals surface area (Å²) in [6.07, 6.45) is 1.89. The fourth-order valence-corrected chi connectivity index (χ4v) is 3.05. The van der Waals surface area contributed by atoms with Gasteiger partial charge in [0.1, 0.15) is 8.07 Å². The molecular formula is C6H11ArNSSi. The van der Waals surface area contributed by atoms with Crippen LogP contribution in [0.4, 0.5) is 0 Å². The summed E-state index contributed by atoms with van der Waals surface area (Å²) in [6.45, 7) is 6.93. The third kappa shape index (κ3) is 3.01. The SMILES string of the molecule is C[Si](C)(C)c1nccs1.[Ar]. The molecule has 1 aromatic heterocycles. The van der Waals surface area contributed by atoms with Crippen LogP contribution in [-0.2, 0) is 0 Å². The van der Waals surface area contributed by atoms with E-state index >= 15 is 0 Å². The first-order valence-electron chi connectivity index (χ1n) is 3.00. The molecule has 0 aliphatic heterocycles. The number of rotatable bonds is 1. The first kappa shape index (κ1) is 11.1. The molecule has 0 unspecified atom stereocenters. The van der Waals surface area contributed by atoms with Crippen LogP contribution in [0.25, 0.3) is 0 Å². The minimum atomic E-state index is -1.07. The molecule has 1 heterocycles. The van der Waals surface area contributed by atoms with E-state index in [1.807, 2.05) is 11.6 Å². The third-order valence-corrected chi connectivity index (χ3v) is 5.26. The Kier molecular flexibility index (Phi) is 4.68. The summed E-state index contributed by atoms with van der Waals surface area (Å²) in [7, 11) is -1.07. The van der Waals surface area contributed by atoms with Gasteiger partial charge in [0.2, 0.25) is 0 Å². The van der Waals surface area contributed by atoms with Gasteiger partial charge < -0.3 is 0 Å². The zero-order valence-electron chi connectivity index (χ0n) is 6.36. The first-order valence-corrected chi connectivity index (χ1v) is 7.38. The summed E-state index contributed by atoms with van der Waals surface area (Å²) < 4.78 is 1.35. The predicted molar refractivity (Wildman–Crippen MR) is 45.1 cm³/mol. The summed E-state index contributed by atoms with van der Waals surface area (Å²) in [5.74, 6) is 0. The molecule has 0 saturated heterocycles. The Hall–Kier alpha value is 1.11. The second-order valence-electron chi connectivity index (χ2n) is 3.09. The number of thiazole rings is 1. The van der Waals surface area contributed by atoms with E-state index in [0.717, 1.165) is 0 Å². The smallest absolute Gasteiger partial charge is 0.114 e. The van der Waals surface area contributed by atoms with Crippen LogP contribution in [0.1, 0.15) is 0 Å². The Morgan fingerprint density at radius 1 is 1.40 bits per heavy atom. The molecule has 0 fully saturated rings. The van der Waals surface area contributed by atoms with Crippen LogP contribution in [0.5, 0.6) is 0 Å². The van der Waals surface area contributed by atoms with Gasteiger partial charge in [-0.3, -0.25) is 4.98 Å². The third-order valence-electron chi connectivity index (χ3n) is 1.07. The van der Waals surface area contributed by atoms with Crippen molar-refractivity contribution < 1.29 is 37.7 Å². The molecule has 0 aromatic carbocycles. The molecule has 10 heavy (non-hydrogen) atoms. The second kappa shape index (κ2) is 4.21. The van der Waals surface area contributed by atoms with Gasteiger partial charge in [-0.15, -0.1) is 11.3 Å². The number of nitrogens with zero attached hydrogens (tertiary/aromatic N) is 1. The maximum atomic E-state index is 4.27. The van der Waals surface area contributed by atoms with Gasteiger partial charge in [-0.05, 0) is 0 Å². The van der Waals surface area contributed by atoms with E-state index in [1.54, 1.807) is 11.3 Å². The molecule has 0 spiro atoms. The molecule has 58 valence electrons. The van der Waals surface area contributed by atoms with Gasteiger partial charge >= 0.3 is 0 Å². The fraction of sp³-hybridized carbons (Fsp3) is 0.500. The van der Waals surface area contributed by atoms with E-state index in [9.17, 15) is 0 Å². The van der Waals surface area contributed by atoms with E-state index in [1.165, 1.54) is 4.63 Å². The summed E-state index contributed by atoms with van der Waals surface area (Å²) >= 11 is 1.78. The van der Waals surface area contributed by atoms with Crippen molar-refractivity contribution in [3.63, 3.8) is 0 Å². The Bertz CT molecular complexity index is 180. The monoisotopic (exact) mass is 197 g/mol. The van der Waals surface area contributed by atoms with Crippen molar-refractivity contribution in [1.82, 2.24) is 4.98 Å². The minimum Gasteiger partial charge on any atom is -0.255 e. The quantitative estimate of drug-likeness (QED) is 0.624. The second-order valence-corrected chi connectivity index (χ2v) is 9.32. The van der Waals surface area contributed by atoms with Crippen LogP contribution >= 0.6 is 11.3 Å².